The molecule has 2 nitrogen and oxygen atoms in total. The van der Waals surface area contributed by atoms with E-state index in [9.17, 15) is 0 Å². The molecule has 0 N–H and O–H groups in total. The van der Waals surface area contributed by atoms with Gasteiger partial charge in [0.25, 0.3) is 0 Å². The van der Waals surface area contributed by atoms with Gasteiger partial charge in [0.15, 0.2) is 0 Å². The molecule has 2 bridgehead atoms. The minimum atomic E-state index is 0.865. The predicted molar refractivity (Wildman–Crippen MR) is 30.2 cm³/mol. The van der Waals surface area contributed by atoms with Gasteiger partial charge in [-0.15, -0.1) is 0 Å². The van der Waals surface area contributed by atoms with E-state index in [1.807, 2.05) is 0 Å². The molecule has 2 aliphatic heterocycles. The molecule has 1 unspecified atom stereocenters. The third-order valence-electron chi connectivity index (χ3n) is 1.97. The molecular weight excluding hydrogens is 102 g/mol. The van der Waals surface area contributed by atoms with E-state index in [1.54, 1.807) is 0 Å². The van der Waals surface area contributed by atoms with Gasteiger partial charge in [0.1, 0.15) is 0 Å². The van der Waals surface area contributed by atoms with Crippen LogP contribution < -0.4 is 0 Å². The Balaban J connectivity index is 2.03. The molecule has 2 heteroatoms. The molecule has 2 fully saturated rings. The van der Waals surface area contributed by atoms with Crippen LogP contribution in [0.15, 0.2) is 0 Å². The Morgan fingerprint density at radius 3 is 3.25 bits per heavy atom. The molecule has 46 valence electrons. The molecule has 2 atom stereocenters. The molecular formula is C6H11NO. The quantitative estimate of drug-likeness (QED) is 0.457. The largest absolute Gasteiger partial charge is 0.299 e. The van der Waals surface area contributed by atoms with Crippen molar-refractivity contribution in [3.63, 3.8) is 0 Å². The second kappa shape index (κ2) is 1.71. The van der Waals surface area contributed by atoms with Crippen molar-refractivity contribution < 1.29 is 4.84 Å². The number of hydrogen-bond donors (Lipinski definition) is 0. The maximum atomic E-state index is 5.31. The Kier molecular flexibility index (Phi) is 1.02. The highest BCUT2D eigenvalue weighted by Gasteiger charge is 2.26. The van der Waals surface area contributed by atoms with E-state index in [-0.39, 0.29) is 0 Å². The maximum absolute atomic E-state index is 5.31. The zero-order chi connectivity index (χ0) is 5.40. The molecule has 0 radical (unpaired) electrons. The van der Waals surface area contributed by atoms with Crippen LogP contribution in [0.4, 0.5) is 0 Å². The van der Waals surface area contributed by atoms with Crippen molar-refractivity contribution in [3.8, 4) is 0 Å². The van der Waals surface area contributed by atoms with E-state index in [2.05, 4.69) is 5.06 Å². The number of rotatable bonds is 0. The molecule has 0 aromatic rings. The Labute approximate surface area is 49.4 Å². The Morgan fingerprint density at radius 2 is 2.50 bits per heavy atom. The molecule has 8 heavy (non-hydrogen) atoms. The van der Waals surface area contributed by atoms with Crippen LogP contribution in [0.2, 0.25) is 0 Å². The Hall–Kier alpha value is -0.0800. The van der Waals surface area contributed by atoms with E-state index >= 15 is 0 Å². The highest BCUT2D eigenvalue weighted by atomic mass is 16.7. The zero-order valence-corrected chi connectivity index (χ0v) is 4.97. The van der Waals surface area contributed by atoms with Crippen LogP contribution in [0.25, 0.3) is 0 Å². The number of hydrogen-bond acceptors (Lipinski definition) is 2. The van der Waals surface area contributed by atoms with Gasteiger partial charge in [0.05, 0.1) is 6.61 Å². The lowest BCUT2D eigenvalue weighted by molar-refractivity contribution is -0.108. The Morgan fingerprint density at radius 1 is 1.50 bits per heavy atom. The average molecular weight is 113 g/mol. The van der Waals surface area contributed by atoms with Gasteiger partial charge in [-0.1, -0.05) is 0 Å². The molecule has 2 rings (SSSR count). The smallest absolute Gasteiger partial charge is 0.0726 e. The molecule has 0 aromatic heterocycles. The Bertz CT molecular complexity index is 80.5. The summed E-state index contributed by atoms with van der Waals surface area (Å²) in [6.07, 6.45) is 2.72. The van der Waals surface area contributed by atoms with Crippen molar-refractivity contribution in [1.82, 2.24) is 5.06 Å². The standard InChI is InChI=1S/C6H11NO/c1-2-6-4-7(3-1)8-5-6/h6H,1-5H2/t6-/m0/s1. The van der Waals surface area contributed by atoms with Gasteiger partial charge in [-0.05, 0) is 18.8 Å². The first kappa shape index (κ1) is 4.77. The third kappa shape index (κ3) is 0.644. The van der Waals surface area contributed by atoms with Crippen molar-refractivity contribution >= 4 is 0 Å². The lowest BCUT2D eigenvalue weighted by Gasteiger charge is -2.17. The zero-order valence-electron chi connectivity index (χ0n) is 4.97. The summed E-state index contributed by atoms with van der Waals surface area (Å²) in [6, 6.07) is 0. The first-order valence-corrected chi connectivity index (χ1v) is 3.33. The average Bonchev–Trinajstić information content (AvgIpc) is 2.12. The van der Waals surface area contributed by atoms with Crippen molar-refractivity contribution in [2.75, 3.05) is 19.7 Å². The van der Waals surface area contributed by atoms with Crippen molar-refractivity contribution in [2.45, 2.75) is 12.8 Å². The summed E-state index contributed by atoms with van der Waals surface area (Å²) in [6.45, 7) is 3.34. The fourth-order valence-electron chi connectivity index (χ4n) is 1.49. The maximum Gasteiger partial charge on any atom is 0.0726 e. The van der Waals surface area contributed by atoms with Gasteiger partial charge in [0, 0.05) is 13.1 Å². The lowest BCUT2D eigenvalue weighted by Crippen LogP contribution is -2.24. The summed E-state index contributed by atoms with van der Waals surface area (Å²) in [7, 11) is 0. The van der Waals surface area contributed by atoms with E-state index in [0.717, 1.165) is 19.1 Å². The number of piperidine rings is 1. The van der Waals surface area contributed by atoms with Gasteiger partial charge in [0.2, 0.25) is 0 Å². The van der Waals surface area contributed by atoms with Gasteiger partial charge < -0.3 is 0 Å². The van der Waals surface area contributed by atoms with Crippen LogP contribution in [-0.2, 0) is 4.84 Å². The molecule has 0 saturated carbocycles. The van der Waals surface area contributed by atoms with Crippen molar-refractivity contribution in [3.05, 3.63) is 0 Å². The number of nitrogens with zero attached hydrogens (tertiary/aromatic N) is 1. The predicted octanol–water partition coefficient (Wildman–Crippen LogP) is 0.644. The first-order chi connectivity index (χ1) is 3.95. The first-order valence-electron chi connectivity index (χ1n) is 3.33. The summed E-state index contributed by atoms with van der Waals surface area (Å²) in [4.78, 5) is 5.31. The SMILES string of the molecule is C1C[C@@H]2CON(C1)C2. The van der Waals surface area contributed by atoms with Crippen molar-refractivity contribution in [2.24, 2.45) is 5.92 Å². The molecule has 2 heterocycles. The van der Waals surface area contributed by atoms with Crippen LogP contribution in [0.1, 0.15) is 12.8 Å². The van der Waals surface area contributed by atoms with E-state index in [0.29, 0.717) is 0 Å². The highest BCUT2D eigenvalue weighted by Crippen LogP contribution is 2.22. The van der Waals surface area contributed by atoms with Crippen LogP contribution in [0.3, 0.4) is 0 Å². The number of hydroxylamine groups is 2. The second-order valence-corrected chi connectivity index (χ2v) is 2.69. The monoisotopic (exact) mass is 113 g/mol. The van der Waals surface area contributed by atoms with Crippen LogP contribution >= 0.6 is 0 Å². The van der Waals surface area contributed by atoms with E-state index < -0.39 is 0 Å². The summed E-state index contributed by atoms with van der Waals surface area (Å²) in [5, 5.41) is 2.09. The van der Waals surface area contributed by atoms with Crippen LogP contribution in [0, 0.1) is 5.92 Å². The van der Waals surface area contributed by atoms with Gasteiger partial charge in [-0.2, -0.15) is 5.06 Å². The molecule has 2 saturated heterocycles. The second-order valence-electron chi connectivity index (χ2n) is 2.69. The van der Waals surface area contributed by atoms with E-state index in [1.165, 1.54) is 19.4 Å². The molecule has 2 aliphatic rings. The topological polar surface area (TPSA) is 12.5 Å². The molecule has 0 amide bonds. The lowest BCUT2D eigenvalue weighted by atomic mass is 10.0. The highest BCUT2D eigenvalue weighted by molar-refractivity contribution is 4.72. The summed E-state index contributed by atoms with van der Waals surface area (Å²) in [5.74, 6) is 0.865. The summed E-state index contributed by atoms with van der Waals surface area (Å²) in [5.41, 5.74) is 0. The number of fused-ring (bicyclic) bond motifs is 2. The molecule has 0 aliphatic carbocycles. The summed E-state index contributed by atoms with van der Waals surface area (Å²) >= 11 is 0. The minimum Gasteiger partial charge on any atom is -0.299 e. The van der Waals surface area contributed by atoms with Crippen molar-refractivity contribution in [1.29, 1.82) is 0 Å². The molecule has 0 spiro atoms. The minimum absolute atomic E-state index is 0.865. The third-order valence-corrected chi connectivity index (χ3v) is 1.97. The fraction of sp³-hybridized carbons (Fsp3) is 1.00. The normalized spacial score (nSPS) is 45.0. The van der Waals surface area contributed by atoms with Gasteiger partial charge in [-0.3, -0.25) is 4.84 Å². The van der Waals surface area contributed by atoms with Gasteiger partial charge in [-0.25, -0.2) is 0 Å². The fourth-order valence-corrected chi connectivity index (χ4v) is 1.49. The van der Waals surface area contributed by atoms with E-state index in [4.69, 9.17) is 4.84 Å². The van der Waals surface area contributed by atoms with Gasteiger partial charge >= 0.3 is 0 Å². The summed E-state index contributed by atoms with van der Waals surface area (Å²) < 4.78 is 0. The molecule has 0 aromatic carbocycles. The van der Waals surface area contributed by atoms with Crippen LogP contribution in [-0.4, -0.2) is 24.8 Å². The van der Waals surface area contributed by atoms with Crippen LogP contribution in [0.5, 0.6) is 0 Å².